The van der Waals surface area contributed by atoms with Crippen molar-refractivity contribution in [1.82, 2.24) is 9.55 Å². The quantitative estimate of drug-likeness (QED) is 0.483. The number of aromatic nitrogens is 2. The van der Waals surface area contributed by atoms with Crippen molar-refractivity contribution in [1.29, 1.82) is 0 Å². The van der Waals surface area contributed by atoms with Crippen LogP contribution >= 0.6 is 0 Å². The summed E-state index contributed by atoms with van der Waals surface area (Å²) in [7, 11) is 0. The average Bonchev–Trinajstić information content (AvgIpc) is 3.07. The van der Waals surface area contributed by atoms with Crippen molar-refractivity contribution in [3.63, 3.8) is 0 Å². The summed E-state index contributed by atoms with van der Waals surface area (Å²) >= 11 is 0. The van der Waals surface area contributed by atoms with Gasteiger partial charge in [0.25, 0.3) is 0 Å². The van der Waals surface area contributed by atoms with Crippen LogP contribution in [0.15, 0.2) is 67.0 Å². The Balaban J connectivity index is 1.63. The average molecular weight is 425 g/mol. The lowest BCUT2D eigenvalue weighted by Gasteiger charge is -2.13. The molecule has 0 amide bonds. The summed E-state index contributed by atoms with van der Waals surface area (Å²) in [5, 5.41) is 9.26. The second kappa shape index (κ2) is 8.00. The van der Waals surface area contributed by atoms with Crippen molar-refractivity contribution in [2.24, 2.45) is 0 Å². The van der Waals surface area contributed by atoms with Crippen LogP contribution in [0, 0.1) is 13.8 Å². The van der Waals surface area contributed by atoms with Gasteiger partial charge < -0.3 is 14.4 Å². The molecule has 5 heteroatoms. The van der Waals surface area contributed by atoms with E-state index in [1.165, 1.54) is 11.1 Å². The fourth-order valence-corrected chi connectivity index (χ4v) is 4.28. The molecule has 1 aliphatic heterocycles. The number of carboxylic acids is 1. The third kappa shape index (κ3) is 3.66. The van der Waals surface area contributed by atoms with Crippen molar-refractivity contribution in [2.45, 2.75) is 33.4 Å². The summed E-state index contributed by atoms with van der Waals surface area (Å²) in [5.74, 6) is -0.0792. The number of benzene rings is 3. The first-order valence-corrected chi connectivity index (χ1v) is 10.7. The van der Waals surface area contributed by atoms with E-state index in [0.29, 0.717) is 13.2 Å². The molecule has 1 aliphatic rings. The van der Waals surface area contributed by atoms with Crippen molar-refractivity contribution < 1.29 is 14.6 Å². The molecule has 160 valence electrons. The van der Waals surface area contributed by atoms with Gasteiger partial charge in [0.2, 0.25) is 0 Å². The minimum atomic E-state index is -0.846. The number of ether oxygens (including phenoxy) is 1. The van der Waals surface area contributed by atoms with Crippen molar-refractivity contribution in [3.05, 3.63) is 100 Å². The van der Waals surface area contributed by atoms with Gasteiger partial charge in [-0.2, -0.15) is 0 Å². The van der Waals surface area contributed by atoms with Crippen LogP contribution in [0.4, 0.5) is 0 Å². The summed E-state index contributed by atoms with van der Waals surface area (Å²) < 4.78 is 8.24. The van der Waals surface area contributed by atoms with Gasteiger partial charge in [0.1, 0.15) is 12.4 Å². The van der Waals surface area contributed by atoms with Crippen LogP contribution in [0.1, 0.15) is 33.4 Å². The molecular weight excluding hydrogens is 400 g/mol. The Morgan fingerprint density at radius 3 is 2.75 bits per heavy atom. The van der Waals surface area contributed by atoms with Gasteiger partial charge in [-0.3, -0.25) is 4.79 Å². The van der Waals surface area contributed by atoms with E-state index in [0.717, 1.165) is 44.6 Å². The SMILES string of the molecule is Cc1cc2ncn(C/C=C3\c4ccccc4COc4ccc(CC(=O)O)cc43)c2cc1C. The summed E-state index contributed by atoms with van der Waals surface area (Å²) in [6.45, 7) is 5.34. The van der Waals surface area contributed by atoms with Gasteiger partial charge in [0.15, 0.2) is 0 Å². The highest BCUT2D eigenvalue weighted by atomic mass is 16.5. The third-order valence-electron chi connectivity index (χ3n) is 6.11. The molecule has 5 rings (SSSR count). The molecule has 3 aromatic carbocycles. The largest absolute Gasteiger partial charge is 0.488 e. The highest BCUT2D eigenvalue weighted by Crippen LogP contribution is 2.37. The fourth-order valence-electron chi connectivity index (χ4n) is 4.28. The first kappa shape index (κ1) is 20.1. The van der Waals surface area contributed by atoms with Crippen molar-refractivity contribution in [2.75, 3.05) is 0 Å². The Bertz CT molecular complexity index is 1380. The minimum Gasteiger partial charge on any atom is -0.488 e. The van der Waals surface area contributed by atoms with Crippen LogP contribution < -0.4 is 4.74 Å². The van der Waals surface area contributed by atoms with Gasteiger partial charge in [-0.05, 0) is 71.5 Å². The molecule has 1 N–H and O–H groups in total. The molecule has 0 fully saturated rings. The number of allylic oxidation sites excluding steroid dienone is 1. The van der Waals surface area contributed by atoms with Gasteiger partial charge in [0.05, 0.1) is 23.8 Å². The molecule has 0 unspecified atom stereocenters. The summed E-state index contributed by atoms with van der Waals surface area (Å²) in [6.07, 6.45) is 4.04. The number of hydrogen-bond donors (Lipinski definition) is 1. The second-order valence-corrected chi connectivity index (χ2v) is 8.29. The minimum absolute atomic E-state index is 0.0208. The van der Waals surface area contributed by atoms with Crippen LogP contribution in [-0.2, 0) is 24.4 Å². The zero-order valence-corrected chi connectivity index (χ0v) is 18.1. The van der Waals surface area contributed by atoms with E-state index in [9.17, 15) is 9.90 Å². The predicted octanol–water partition coefficient (Wildman–Crippen LogP) is 5.30. The number of aliphatic carboxylic acids is 1. The number of fused-ring (bicyclic) bond motifs is 3. The molecule has 0 atom stereocenters. The highest BCUT2D eigenvalue weighted by molar-refractivity contribution is 5.86. The number of rotatable bonds is 4. The Morgan fingerprint density at radius 1 is 1.09 bits per heavy atom. The monoisotopic (exact) mass is 424 g/mol. The van der Waals surface area contributed by atoms with E-state index in [4.69, 9.17) is 4.74 Å². The number of carbonyl (C=O) groups is 1. The molecule has 1 aromatic heterocycles. The van der Waals surface area contributed by atoms with Crippen molar-refractivity contribution in [3.8, 4) is 5.75 Å². The molecule has 5 nitrogen and oxygen atoms in total. The van der Waals surface area contributed by atoms with Crippen LogP contribution in [0.25, 0.3) is 16.6 Å². The first-order chi connectivity index (χ1) is 15.5. The van der Waals surface area contributed by atoms with Gasteiger partial charge in [-0.1, -0.05) is 36.4 Å². The number of nitrogens with zero attached hydrogens (tertiary/aromatic N) is 2. The Kier molecular flexibility index (Phi) is 5.02. The van der Waals surface area contributed by atoms with Crippen LogP contribution in [0.2, 0.25) is 0 Å². The summed E-state index contributed by atoms with van der Waals surface area (Å²) in [5.41, 5.74) is 9.50. The Hall–Kier alpha value is -3.86. The zero-order chi connectivity index (χ0) is 22.2. The first-order valence-electron chi connectivity index (χ1n) is 10.7. The van der Waals surface area contributed by atoms with Crippen LogP contribution in [0.3, 0.4) is 0 Å². The maximum atomic E-state index is 11.3. The topological polar surface area (TPSA) is 64.4 Å². The standard InChI is InChI=1S/C27H24N2O3/c1-17-11-24-25(12-18(17)2)29(16-28-24)10-9-22-21-6-4-3-5-20(21)15-32-26-8-7-19(13-23(22)26)14-27(30)31/h3-9,11-13,16H,10,14-15H2,1-2H3,(H,30,31)/b22-9+. The molecule has 0 radical (unpaired) electrons. The number of carboxylic acid groups (broad SMARTS) is 1. The van der Waals surface area contributed by atoms with E-state index in [-0.39, 0.29) is 6.42 Å². The smallest absolute Gasteiger partial charge is 0.307 e. The lowest BCUT2D eigenvalue weighted by Crippen LogP contribution is -2.02. The Labute approximate surface area is 186 Å². The van der Waals surface area contributed by atoms with Gasteiger partial charge in [0, 0.05) is 12.1 Å². The fraction of sp³-hybridized carbons (Fsp3) is 0.185. The maximum absolute atomic E-state index is 11.3. The molecule has 0 spiro atoms. The third-order valence-corrected chi connectivity index (χ3v) is 6.11. The van der Waals surface area contributed by atoms with E-state index in [2.05, 4.69) is 53.7 Å². The van der Waals surface area contributed by atoms with E-state index in [1.807, 2.05) is 36.7 Å². The zero-order valence-electron chi connectivity index (χ0n) is 18.1. The van der Waals surface area contributed by atoms with Gasteiger partial charge in [-0.15, -0.1) is 0 Å². The summed E-state index contributed by atoms with van der Waals surface area (Å²) in [4.78, 5) is 15.9. The van der Waals surface area contributed by atoms with E-state index in [1.54, 1.807) is 0 Å². The molecule has 0 saturated heterocycles. The molecular formula is C27H24N2O3. The lowest BCUT2D eigenvalue weighted by molar-refractivity contribution is -0.136. The maximum Gasteiger partial charge on any atom is 0.307 e. The predicted molar refractivity (Wildman–Crippen MR) is 125 cm³/mol. The molecule has 0 saturated carbocycles. The molecule has 4 aromatic rings. The van der Waals surface area contributed by atoms with Crippen LogP contribution in [-0.4, -0.2) is 20.6 Å². The highest BCUT2D eigenvalue weighted by Gasteiger charge is 2.20. The van der Waals surface area contributed by atoms with Crippen LogP contribution in [0.5, 0.6) is 5.75 Å². The molecule has 2 heterocycles. The molecule has 32 heavy (non-hydrogen) atoms. The van der Waals surface area contributed by atoms with Gasteiger partial charge >= 0.3 is 5.97 Å². The number of aryl methyl sites for hydroxylation is 2. The normalized spacial score (nSPS) is 14.0. The Morgan fingerprint density at radius 2 is 1.91 bits per heavy atom. The van der Waals surface area contributed by atoms with E-state index < -0.39 is 5.97 Å². The molecule has 0 bridgehead atoms. The van der Waals surface area contributed by atoms with Crippen molar-refractivity contribution >= 4 is 22.6 Å². The second-order valence-electron chi connectivity index (χ2n) is 8.29. The summed E-state index contributed by atoms with van der Waals surface area (Å²) in [6, 6.07) is 18.2. The van der Waals surface area contributed by atoms with E-state index >= 15 is 0 Å². The number of hydrogen-bond acceptors (Lipinski definition) is 3. The molecule has 0 aliphatic carbocycles. The lowest BCUT2D eigenvalue weighted by atomic mass is 9.92. The van der Waals surface area contributed by atoms with Gasteiger partial charge in [-0.25, -0.2) is 4.98 Å². The number of imidazole rings is 1.